The lowest BCUT2D eigenvalue weighted by atomic mass is 9.87. The van der Waals surface area contributed by atoms with Crippen molar-refractivity contribution in [1.29, 1.82) is 0 Å². The summed E-state index contributed by atoms with van der Waals surface area (Å²) in [4.78, 5) is 21.1. The van der Waals surface area contributed by atoms with Crippen LogP contribution in [0.2, 0.25) is 0 Å². The second-order valence-corrected chi connectivity index (χ2v) is 4.83. The molecule has 4 rings (SSSR count). The third-order valence-electron chi connectivity index (χ3n) is 3.44. The van der Waals surface area contributed by atoms with Crippen LogP contribution in [0.4, 0.5) is 5.82 Å². The standard InChI is InChI=1S/C14H16N2O3/c1-10(17)18-9-11-8-12-5-6-13(11)19-16(12)14-4-2-3-7-15-14/h2-7,11-13H,8-9H2,1H3/t11-,12-,13+/m0/s1. The van der Waals surface area contributed by atoms with Gasteiger partial charge in [-0.05, 0) is 18.6 Å². The van der Waals surface area contributed by atoms with E-state index in [0.29, 0.717) is 6.61 Å². The van der Waals surface area contributed by atoms with Gasteiger partial charge in [-0.3, -0.25) is 9.63 Å². The summed E-state index contributed by atoms with van der Waals surface area (Å²) in [6.45, 7) is 1.84. The molecule has 3 aliphatic rings. The molecule has 1 saturated heterocycles. The number of rotatable bonds is 3. The van der Waals surface area contributed by atoms with E-state index in [2.05, 4.69) is 11.1 Å². The highest BCUT2D eigenvalue weighted by atomic mass is 16.7. The minimum absolute atomic E-state index is 0.0497. The Morgan fingerprint density at radius 3 is 3.05 bits per heavy atom. The van der Waals surface area contributed by atoms with Crippen molar-refractivity contribution in [1.82, 2.24) is 4.98 Å². The van der Waals surface area contributed by atoms with Crippen molar-refractivity contribution in [3.05, 3.63) is 36.5 Å². The molecule has 3 heterocycles. The van der Waals surface area contributed by atoms with E-state index < -0.39 is 0 Å². The Bertz CT molecular complexity index is 489. The molecule has 5 nitrogen and oxygen atoms in total. The highest BCUT2D eigenvalue weighted by molar-refractivity contribution is 5.65. The molecule has 0 N–H and O–H groups in total. The monoisotopic (exact) mass is 260 g/mol. The summed E-state index contributed by atoms with van der Waals surface area (Å²) in [5.41, 5.74) is 0. The van der Waals surface area contributed by atoms with Crippen LogP contribution >= 0.6 is 0 Å². The molecule has 0 aromatic carbocycles. The molecule has 0 spiro atoms. The molecule has 1 aromatic heterocycles. The fourth-order valence-corrected chi connectivity index (χ4v) is 2.52. The van der Waals surface area contributed by atoms with Gasteiger partial charge in [0.2, 0.25) is 0 Å². The molecule has 2 bridgehead atoms. The highest BCUT2D eigenvalue weighted by Gasteiger charge is 2.39. The van der Waals surface area contributed by atoms with E-state index in [-0.39, 0.29) is 24.0 Å². The van der Waals surface area contributed by atoms with Crippen LogP contribution in [0, 0.1) is 5.92 Å². The third-order valence-corrected chi connectivity index (χ3v) is 3.44. The second kappa shape index (κ2) is 5.01. The Balaban J connectivity index is 1.70. The first-order valence-electron chi connectivity index (χ1n) is 6.43. The van der Waals surface area contributed by atoms with Crippen molar-refractivity contribution in [2.75, 3.05) is 11.7 Å². The summed E-state index contributed by atoms with van der Waals surface area (Å²) < 4.78 is 5.09. The molecule has 1 aliphatic carbocycles. The Hall–Kier alpha value is -1.88. The molecule has 3 atom stereocenters. The molecule has 19 heavy (non-hydrogen) atoms. The smallest absolute Gasteiger partial charge is 0.302 e. The molecule has 100 valence electrons. The van der Waals surface area contributed by atoms with E-state index >= 15 is 0 Å². The number of esters is 1. The fraction of sp³-hybridized carbons (Fsp3) is 0.429. The van der Waals surface area contributed by atoms with E-state index in [9.17, 15) is 4.79 Å². The summed E-state index contributed by atoms with van der Waals surface area (Å²) in [6.07, 6.45) is 6.78. The number of anilines is 1. The quantitative estimate of drug-likeness (QED) is 0.611. The summed E-state index contributed by atoms with van der Waals surface area (Å²) in [6, 6.07) is 5.90. The van der Waals surface area contributed by atoms with Crippen LogP contribution < -0.4 is 5.06 Å². The average molecular weight is 260 g/mol. The first kappa shape index (κ1) is 12.2. The Morgan fingerprint density at radius 2 is 2.42 bits per heavy atom. The van der Waals surface area contributed by atoms with Crippen molar-refractivity contribution in [3.8, 4) is 0 Å². The van der Waals surface area contributed by atoms with Gasteiger partial charge < -0.3 is 4.74 Å². The van der Waals surface area contributed by atoms with Crippen molar-refractivity contribution in [2.45, 2.75) is 25.5 Å². The molecule has 2 aliphatic heterocycles. The molecule has 1 aromatic rings. The van der Waals surface area contributed by atoms with Gasteiger partial charge in [-0.2, -0.15) is 0 Å². The number of hydrogen-bond acceptors (Lipinski definition) is 5. The van der Waals surface area contributed by atoms with Crippen LogP contribution in [0.1, 0.15) is 13.3 Å². The van der Waals surface area contributed by atoms with Gasteiger partial charge in [0, 0.05) is 19.0 Å². The SMILES string of the molecule is CC(=O)OC[C@@H]1C[C@@H]2C=C[C@H]1ON2c1ccccn1. The predicted molar refractivity (Wildman–Crippen MR) is 69.3 cm³/mol. The van der Waals surface area contributed by atoms with E-state index in [1.807, 2.05) is 29.3 Å². The Morgan fingerprint density at radius 1 is 1.53 bits per heavy atom. The average Bonchev–Trinajstić information content (AvgIpc) is 2.46. The zero-order valence-corrected chi connectivity index (χ0v) is 10.7. The largest absolute Gasteiger partial charge is 0.465 e. The lowest BCUT2D eigenvalue weighted by Crippen LogP contribution is -2.51. The zero-order valence-electron chi connectivity index (χ0n) is 10.7. The summed E-state index contributed by atoms with van der Waals surface area (Å²) >= 11 is 0. The first-order valence-corrected chi connectivity index (χ1v) is 6.43. The summed E-state index contributed by atoms with van der Waals surface area (Å²) in [5.74, 6) is 0.790. The number of hydroxylamine groups is 1. The maximum Gasteiger partial charge on any atom is 0.302 e. The fourth-order valence-electron chi connectivity index (χ4n) is 2.52. The molecule has 0 saturated carbocycles. The number of carbonyl (C=O) groups is 1. The number of carbonyl (C=O) groups excluding carboxylic acids is 1. The van der Waals surface area contributed by atoms with Crippen molar-refractivity contribution < 1.29 is 14.4 Å². The molecular weight excluding hydrogens is 244 g/mol. The normalized spacial score (nSPS) is 28.5. The number of nitrogens with zero attached hydrogens (tertiary/aromatic N) is 2. The highest BCUT2D eigenvalue weighted by Crippen LogP contribution is 2.34. The van der Waals surface area contributed by atoms with Crippen molar-refractivity contribution >= 4 is 11.8 Å². The first-order chi connectivity index (χ1) is 9.24. The van der Waals surface area contributed by atoms with Crippen molar-refractivity contribution in [3.63, 3.8) is 0 Å². The summed E-state index contributed by atoms with van der Waals surface area (Å²) in [7, 11) is 0. The number of pyridine rings is 1. The Labute approximate surface area is 111 Å². The lowest BCUT2D eigenvalue weighted by molar-refractivity contribution is -0.145. The Kier molecular flexibility index (Phi) is 3.21. The van der Waals surface area contributed by atoms with E-state index in [4.69, 9.17) is 9.57 Å². The molecule has 1 fully saturated rings. The van der Waals surface area contributed by atoms with Crippen LogP contribution in [-0.4, -0.2) is 29.7 Å². The number of fused-ring (bicyclic) bond motifs is 2. The van der Waals surface area contributed by atoms with Crippen LogP contribution in [0.25, 0.3) is 0 Å². The van der Waals surface area contributed by atoms with E-state index in [1.54, 1.807) is 6.20 Å². The molecule has 5 heteroatoms. The molecule has 0 radical (unpaired) electrons. The molecular formula is C14H16N2O3. The number of hydrogen-bond donors (Lipinski definition) is 0. The lowest BCUT2D eigenvalue weighted by Gasteiger charge is -2.44. The van der Waals surface area contributed by atoms with Crippen LogP contribution in [0.3, 0.4) is 0 Å². The van der Waals surface area contributed by atoms with E-state index in [0.717, 1.165) is 12.2 Å². The molecule has 0 amide bonds. The predicted octanol–water partition coefficient (Wildman–Crippen LogP) is 1.71. The van der Waals surface area contributed by atoms with Gasteiger partial charge in [0.25, 0.3) is 0 Å². The minimum Gasteiger partial charge on any atom is -0.465 e. The van der Waals surface area contributed by atoms with Crippen LogP contribution in [0.15, 0.2) is 36.5 Å². The van der Waals surface area contributed by atoms with Gasteiger partial charge in [0.15, 0.2) is 5.82 Å². The maximum absolute atomic E-state index is 10.9. The minimum atomic E-state index is -0.244. The second-order valence-electron chi connectivity index (χ2n) is 4.83. The van der Waals surface area contributed by atoms with Crippen LogP contribution in [-0.2, 0) is 14.4 Å². The van der Waals surface area contributed by atoms with Gasteiger partial charge in [-0.15, -0.1) is 0 Å². The zero-order chi connectivity index (χ0) is 13.2. The number of ether oxygens (including phenoxy) is 1. The van der Waals surface area contributed by atoms with Crippen LogP contribution in [0.5, 0.6) is 0 Å². The third kappa shape index (κ3) is 2.46. The van der Waals surface area contributed by atoms with Gasteiger partial charge in [0.1, 0.15) is 6.10 Å². The van der Waals surface area contributed by atoms with Gasteiger partial charge >= 0.3 is 5.97 Å². The molecule has 0 unspecified atom stereocenters. The van der Waals surface area contributed by atoms with E-state index in [1.165, 1.54) is 6.92 Å². The summed E-state index contributed by atoms with van der Waals surface area (Å²) in [5, 5.41) is 1.84. The van der Waals surface area contributed by atoms with Crippen molar-refractivity contribution in [2.24, 2.45) is 5.92 Å². The number of aromatic nitrogens is 1. The maximum atomic E-state index is 10.9. The van der Waals surface area contributed by atoms with Gasteiger partial charge in [0.05, 0.1) is 12.6 Å². The van der Waals surface area contributed by atoms with Gasteiger partial charge in [-0.25, -0.2) is 10.0 Å². The topological polar surface area (TPSA) is 51.7 Å². The van der Waals surface area contributed by atoms with Gasteiger partial charge in [-0.1, -0.05) is 18.2 Å².